The van der Waals surface area contributed by atoms with E-state index >= 15 is 0 Å². The van der Waals surface area contributed by atoms with Crippen LogP contribution in [-0.2, 0) is 0 Å². The van der Waals surface area contributed by atoms with Crippen molar-refractivity contribution in [2.24, 2.45) is 0 Å². The number of hydrogen-bond donors (Lipinski definition) is 1. The molecule has 0 aromatic heterocycles. The maximum Gasteiger partial charge on any atom is 0.161 e. The molecule has 2 rings (SSSR count). The summed E-state index contributed by atoms with van der Waals surface area (Å²) in [7, 11) is 3.24. The van der Waals surface area contributed by atoms with Gasteiger partial charge in [0, 0.05) is 5.69 Å². The van der Waals surface area contributed by atoms with Gasteiger partial charge in [-0.25, -0.2) is 0 Å². The molecule has 1 N–H and O–H groups in total. The molecule has 0 bridgehead atoms. The molecule has 114 valence electrons. The second-order valence-corrected chi connectivity index (χ2v) is 5.24. The minimum Gasteiger partial charge on any atom is -0.493 e. The summed E-state index contributed by atoms with van der Waals surface area (Å²) in [6.07, 6.45) is 3.79. The molecule has 0 amide bonds. The summed E-state index contributed by atoms with van der Waals surface area (Å²) in [6.45, 7) is 2.05. The van der Waals surface area contributed by atoms with E-state index in [-0.39, 0.29) is 0 Å². The number of rotatable bonds is 5. The minimum atomic E-state index is 0.652. The van der Waals surface area contributed by atoms with Crippen LogP contribution in [-0.4, -0.2) is 19.2 Å². The first-order valence-corrected chi connectivity index (χ1v) is 7.31. The third-order valence-electron chi connectivity index (χ3n) is 3.15. The van der Waals surface area contributed by atoms with Gasteiger partial charge in [0.25, 0.3) is 0 Å². The Balaban J connectivity index is 2.04. The lowest BCUT2D eigenvalue weighted by atomic mass is 10.2. The predicted molar refractivity (Wildman–Crippen MR) is 96.0 cm³/mol. The van der Waals surface area contributed by atoms with Crippen molar-refractivity contribution in [3.8, 4) is 11.5 Å². The molecule has 0 spiro atoms. The van der Waals surface area contributed by atoms with Crippen molar-refractivity contribution in [3.05, 3.63) is 59.7 Å². The van der Waals surface area contributed by atoms with E-state index in [0.29, 0.717) is 16.5 Å². The van der Waals surface area contributed by atoms with E-state index in [4.69, 9.17) is 21.7 Å². The Morgan fingerprint density at radius 3 is 2.32 bits per heavy atom. The maximum absolute atomic E-state index is 5.32. The number of benzene rings is 2. The standard InChI is InChI=1S/C18H19NO2S/c1-13-4-8-15(9-5-13)19-18(22)11-7-14-6-10-16(20-2)17(12-14)21-3/h4-12H,1-3H3,(H,19,22)/b11-7+. The highest BCUT2D eigenvalue weighted by Crippen LogP contribution is 2.27. The van der Waals surface area contributed by atoms with Crippen LogP contribution < -0.4 is 14.8 Å². The highest BCUT2D eigenvalue weighted by atomic mass is 32.1. The molecule has 0 saturated carbocycles. The summed E-state index contributed by atoms with van der Waals surface area (Å²) in [4.78, 5) is 0.652. The lowest BCUT2D eigenvalue weighted by Gasteiger charge is -2.08. The van der Waals surface area contributed by atoms with E-state index in [0.717, 1.165) is 11.3 Å². The third-order valence-corrected chi connectivity index (χ3v) is 3.39. The van der Waals surface area contributed by atoms with Gasteiger partial charge in [-0.3, -0.25) is 0 Å². The molecular formula is C18H19NO2S. The SMILES string of the molecule is COc1ccc(/C=C/C(=S)Nc2ccc(C)cc2)cc1OC. The van der Waals surface area contributed by atoms with Gasteiger partial charge in [-0.15, -0.1) is 0 Å². The van der Waals surface area contributed by atoms with E-state index in [1.807, 2.05) is 54.6 Å². The fourth-order valence-corrected chi connectivity index (χ4v) is 2.14. The summed E-state index contributed by atoms with van der Waals surface area (Å²) < 4.78 is 10.5. The predicted octanol–water partition coefficient (Wildman–Crippen LogP) is 4.46. The Kier molecular flexibility index (Phi) is 5.55. The maximum atomic E-state index is 5.32. The van der Waals surface area contributed by atoms with Crippen LogP contribution in [0.15, 0.2) is 48.5 Å². The van der Waals surface area contributed by atoms with Crippen LogP contribution in [0.25, 0.3) is 6.08 Å². The second kappa shape index (κ2) is 7.61. The van der Waals surface area contributed by atoms with Crippen molar-refractivity contribution in [2.75, 3.05) is 19.5 Å². The number of methoxy groups -OCH3 is 2. The third kappa shape index (κ3) is 4.33. The molecule has 0 heterocycles. The van der Waals surface area contributed by atoms with Gasteiger partial charge in [0.05, 0.1) is 14.2 Å². The van der Waals surface area contributed by atoms with Gasteiger partial charge in [-0.1, -0.05) is 42.1 Å². The number of ether oxygens (including phenoxy) is 2. The van der Waals surface area contributed by atoms with Gasteiger partial charge >= 0.3 is 0 Å². The number of thiocarbonyl (C=S) groups is 1. The van der Waals surface area contributed by atoms with Crippen molar-refractivity contribution < 1.29 is 9.47 Å². The van der Waals surface area contributed by atoms with E-state index in [1.165, 1.54) is 5.56 Å². The average Bonchev–Trinajstić information content (AvgIpc) is 2.54. The monoisotopic (exact) mass is 313 g/mol. The second-order valence-electron chi connectivity index (χ2n) is 4.80. The van der Waals surface area contributed by atoms with Crippen molar-refractivity contribution in [1.29, 1.82) is 0 Å². The molecule has 2 aromatic carbocycles. The van der Waals surface area contributed by atoms with E-state index < -0.39 is 0 Å². The van der Waals surface area contributed by atoms with Crippen LogP contribution in [0.5, 0.6) is 11.5 Å². The zero-order valence-corrected chi connectivity index (χ0v) is 13.7. The van der Waals surface area contributed by atoms with Crippen molar-refractivity contribution in [2.45, 2.75) is 6.92 Å². The summed E-state index contributed by atoms with van der Waals surface area (Å²) >= 11 is 5.32. The Morgan fingerprint density at radius 2 is 1.68 bits per heavy atom. The van der Waals surface area contributed by atoms with Gasteiger partial charge in [-0.05, 0) is 42.8 Å². The number of anilines is 1. The Morgan fingerprint density at radius 1 is 1.00 bits per heavy atom. The van der Waals surface area contributed by atoms with Crippen molar-refractivity contribution in [3.63, 3.8) is 0 Å². The fraction of sp³-hybridized carbons (Fsp3) is 0.167. The zero-order valence-electron chi connectivity index (χ0n) is 12.9. The number of nitrogens with one attached hydrogen (secondary N) is 1. The van der Waals surface area contributed by atoms with Crippen LogP contribution in [0.1, 0.15) is 11.1 Å². The van der Waals surface area contributed by atoms with Crippen LogP contribution >= 0.6 is 12.2 Å². The molecule has 22 heavy (non-hydrogen) atoms. The molecule has 0 aliphatic rings. The highest BCUT2D eigenvalue weighted by molar-refractivity contribution is 7.81. The summed E-state index contributed by atoms with van der Waals surface area (Å²) in [5.74, 6) is 1.40. The zero-order chi connectivity index (χ0) is 15.9. The average molecular weight is 313 g/mol. The highest BCUT2D eigenvalue weighted by Gasteiger charge is 2.02. The fourth-order valence-electron chi connectivity index (χ4n) is 1.95. The smallest absolute Gasteiger partial charge is 0.161 e. The van der Waals surface area contributed by atoms with Crippen LogP contribution in [0.4, 0.5) is 5.69 Å². The topological polar surface area (TPSA) is 30.5 Å². The molecule has 0 fully saturated rings. The first-order valence-electron chi connectivity index (χ1n) is 6.90. The van der Waals surface area contributed by atoms with Crippen molar-refractivity contribution >= 4 is 29.0 Å². The van der Waals surface area contributed by atoms with Gasteiger partial charge in [0.15, 0.2) is 11.5 Å². The lowest BCUT2D eigenvalue weighted by Crippen LogP contribution is -2.04. The molecule has 0 aliphatic carbocycles. The van der Waals surface area contributed by atoms with Crippen LogP contribution in [0, 0.1) is 6.92 Å². The van der Waals surface area contributed by atoms with Gasteiger partial charge in [0.1, 0.15) is 4.99 Å². The molecule has 2 aromatic rings. The Bertz CT molecular complexity index is 678. The van der Waals surface area contributed by atoms with E-state index in [2.05, 4.69) is 12.2 Å². The Labute approximate surface area is 136 Å². The molecule has 0 atom stereocenters. The van der Waals surface area contributed by atoms with Crippen LogP contribution in [0.2, 0.25) is 0 Å². The molecule has 0 aliphatic heterocycles. The largest absolute Gasteiger partial charge is 0.493 e. The summed E-state index contributed by atoms with van der Waals surface area (Å²) in [5, 5.41) is 3.18. The summed E-state index contributed by atoms with van der Waals surface area (Å²) in [5.41, 5.74) is 3.19. The molecule has 0 radical (unpaired) electrons. The lowest BCUT2D eigenvalue weighted by molar-refractivity contribution is 0.355. The van der Waals surface area contributed by atoms with Gasteiger partial charge < -0.3 is 14.8 Å². The van der Waals surface area contributed by atoms with Gasteiger partial charge in [-0.2, -0.15) is 0 Å². The number of hydrogen-bond acceptors (Lipinski definition) is 3. The molecule has 0 unspecified atom stereocenters. The van der Waals surface area contributed by atoms with E-state index in [9.17, 15) is 0 Å². The molecule has 0 saturated heterocycles. The quantitative estimate of drug-likeness (QED) is 0.652. The number of aryl methyl sites for hydroxylation is 1. The first kappa shape index (κ1) is 16.0. The van der Waals surface area contributed by atoms with Gasteiger partial charge in [0.2, 0.25) is 0 Å². The minimum absolute atomic E-state index is 0.652. The molecular weight excluding hydrogens is 294 g/mol. The normalized spacial score (nSPS) is 10.5. The first-order chi connectivity index (χ1) is 10.6. The van der Waals surface area contributed by atoms with Crippen molar-refractivity contribution in [1.82, 2.24) is 0 Å². The summed E-state index contributed by atoms with van der Waals surface area (Å²) in [6, 6.07) is 13.8. The molecule has 3 nitrogen and oxygen atoms in total. The molecule has 4 heteroatoms. The van der Waals surface area contributed by atoms with Crippen LogP contribution in [0.3, 0.4) is 0 Å². The Hall–Kier alpha value is -2.33. The van der Waals surface area contributed by atoms with E-state index in [1.54, 1.807) is 14.2 Å².